The Morgan fingerprint density at radius 1 is 1.33 bits per heavy atom. The summed E-state index contributed by atoms with van der Waals surface area (Å²) in [6.45, 7) is 9.16. The maximum atomic E-state index is 5.86. The highest BCUT2D eigenvalue weighted by Crippen LogP contribution is 2.30. The molecule has 1 aromatic heterocycles. The van der Waals surface area contributed by atoms with E-state index in [-0.39, 0.29) is 12.1 Å². The van der Waals surface area contributed by atoms with Crippen LogP contribution in [0.3, 0.4) is 0 Å². The van der Waals surface area contributed by atoms with E-state index < -0.39 is 0 Å². The van der Waals surface area contributed by atoms with E-state index in [4.69, 9.17) is 9.26 Å². The molecule has 0 aliphatic carbocycles. The lowest BCUT2D eigenvalue weighted by molar-refractivity contribution is 0.279. The third-order valence-electron chi connectivity index (χ3n) is 2.77. The third-order valence-corrected chi connectivity index (χ3v) is 3.40. The van der Waals surface area contributed by atoms with E-state index in [0.29, 0.717) is 11.7 Å². The van der Waals surface area contributed by atoms with E-state index in [1.807, 2.05) is 18.2 Å². The molecule has 0 saturated carbocycles. The largest absolute Gasteiger partial charge is 0.484 e. The van der Waals surface area contributed by atoms with E-state index in [1.165, 1.54) is 0 Å². The summed E-state index contributed by atoms with van der Waals surface area (Å²) in [6, 6.07) is 5.99. The number of aryl methyl sites for hydroxylation is 1. The minimum Gasteiger partial charge on any atom is -0.484 e. The van der Waals surface area contributed by atoms with Gasteiger partial charge in [-0.1, -0.05) is 17.3 Å². The molecule has 1 aromatic carbocycles. The lowest BCUT2D eigenvalue weighted by Crippen LogP contribution is -2.35. The second-order valence-corrected chi connectivity index (χ2v) is 6.70. The predicted octanol–water partition coefficient (Wildman–Crippen LogP) is 3.61. The molecule has 0 radical (unpaired) electrons. The van der Waals surface area contributed by atoms with E-state index in [0.717, 1.165) is 22.3 Å². The van der Waals surface area contributed by atoms with Crippen molar-refractivity contribution in [3.8, 4) is 5.75 Å². The maximum absolute atomic E-state index is 5.86. The summed E-state index contributed by atoms with van der Waals surface area (Å²) in [7, 11) is 0. The smallest absolute Gasteiger partial charge is 0.223 e. The van der Waals surface area contributed by atoms with Gasteiger partial charge in [0.1, 0.15) is 5.75 Å². The Hall–Kier alpha value is -1.40. The fourth-order valence-electron chi connectivity index (χ4n) is 1.75. The van der Waals surface area contributed by atoms with Crippen molar-refractivity contribution in [3.63, 3.8) is 0 Å². The van der Waals surface area contributed by atoms with Gasteiger partial charge in [0, 0.05) is 24.6 Å². The van der Waals surface area contributed by atoms with Gasteiger partial charge in [-0.05, 0) is 42.8 Å². The third kappa shape index (κ3) is 4.82. The molecule has 0 aliphatic heterocycles. The number of aromatic nitrogens is 2. The molecule has 1 heterocycles. The van der Waals surface area contributed by atoms with E-state index in [1.54, 1.807) is 6.92 Å². The number of ether oxygens (including phenoxy) is 1. The van der Waals surface area contributed by atoms with Crippen LogP contribution in [0.5, 0.6) is 5.75 Å². The molecule has 21 heavy (non-hydrogen) atoms. The van der Waals surface area contributed by atoms with Gasteiger partial charge >= 0.3 is 0 Å². The van der Waals surface area contributed by atoms with Crippen LogP contribution in [0.15, 0.2) is 27.2 Å². The molecular weight excluding hydrogens is 334 g/mol. The first-order valence-electron chi connectivity index (χ1n) is 6.79. The Balaban J connectivity index is 2.10. The van der Waals surface area contributed by atoms with Crippen molar-refractivity contribution in [1.29, 1.82) is 0 Å². The topological polar surface area (TPSA) is 60.2 Å². The molecule has 0 saturated heterocycles. The van der Waals surface area contributed by atoms with Crippen LogP contribution in [0.2, 0.25) is 0 Å². The van der Waals surface area contributed by atoms with Gasteiger partial charge in [0.2, 0.25) is 11.7 Å². The monoisotopic (exact) mass is 353 g/mol. The summed E-state index contributed by atoms with van der Waals surface area (Å²) in [5, 5.41) is 7.29. The van der Waals surface area contributed by atoms with Crippen molar-refractivity contribution in [1.82, 2.24) is 15.5 Å². The average Bonchev–Trinajstić information content (AvgIpc) is 2.80. The molecule has 0 spiro atoms. The first-order chi connectivity index (χ1) is 9.85. The van der Waals surface area contributed by atoms with Gasteiger partial charge in [-0.3, -0.25) is 0 Å². The zero-order valence-corrected chi connectivity index (χ0v) is 14.3. The Bertz CT molecular complexity index is 605. The molecule has 5 nitrogen and oxygen atoms in total. The molecule has 0 atom stereocenters. The van der Waals surface area contributed by atoms with Crippen molar-refractivity contribution >= 4 is 15.9 Å². The predicted molar refractivity (Wildman–Crippen MR) is 84.1 cm³/mol. The average molecular weight is 354 g/mol. The van der Waals surface area contributed by atoms with Gasteiger partial charge < -0.3 is 14.6 Å². The molecule has 0 aliphatic rings. The van der Waals surface area contributed by atoms with Gasteiger partial charge in [0.15, 0.2) is 6.61 Å². The van der Waals surface area contributed by atoms with Gasteiger partial charge in [-0.2, -0.15) is 4.98 Å². The molecule has 2 aromatic rings. The highest BCUT2D eigenvalue weighted by Gasteiger charge is 2.14. The molecule has 0 bridgehead atoms. The highest BCUT2D eigenvalue weighted by molar-refractivity contribution is 9.10. The summed E-state index contributed by atoms with van der Waals surface area (Å²) in [5.74, 6) is 1.88. The minimum absolute atomic E-state index is 0.0460. The summed E-state index contributed by atoms with van der Waals surface area (Å²) in [4.78, 5) is 4.14. The van der Waals surface area contributed by atoms with Gasteiger partial charge in [-0.25, -0.2) is 0 Å². The lowest BCUT2D eigenvalue weighted by Gasteiger charge is -2.22. The van der Waals surface area contributed by atoms with Crippen LogP contribution in [0.25, 0.3) is 0 Å². The van der Waals surface area contributed by atoms with Crippen molar-refractivity contribution in [2.24, 2.45) is 0 Å². The van der Waals surface area contributed by atoms with Crippen molar-refractivity contribution in [3.05, 3.63) is 40.0 Å². The summed E-state index contributed by atoms with van der Waals surface area (Å²) in [5.41, 5.74) is 1.13. The Kier molecular flexibility index (Phi) is 5.00. The second kappa shape index (κ2) is 6.58. The van der Waals surface area contributed by atoms with Crippen LogP contribution in [0.4, 0.5) is 0 Å². The standard InChI is InChI=1S/C15H20BrN3O2/c1-10-18-13(19-21-10)9-20-14-11(6-5-7-12(14)16)8-17-15(2,3)4/h5-7,17H,8-9H2,1-4H3. The lowest BCUT2D eigenvalue weighted by atomic mass is 10.1. The van der Waals surface area contributed by atoms with Crippen LogP contribution in [-0.4, -0.2) is 15.7 Å². The fraction of sp³-hybridized carbons (Fsp3) is 0.467. The SMILES string of the molecule is Cc1nc(COc2c(Br)cccc2CNC(C)(C)C)no1. The summed E-state index contributed by atoms with van der Waals surface area (Å²) >= 11 is 3.53. The summed E-state index contributed by atoms with van der Waals surface area (Å²) < 4.78 is 11.7. The minimum atomic E-state index is 0.0460. The van der Waals surface area contributed by atoms with E-state index in [9.17, 15) is 0 Å². The number of nitrogens with zero attached hydrogens (tertiary/aromatic N) is 2. The normalized spacial score (nSPS) is 11.7. The van der Waals surface area contributed by atoms with E-state index >= 15 is 0 Å². The quantitative estimate of drug-likeness (QED) is 0.889. The van der Waals surface area contributed by atoms with Crippen LogP contribution in [0.1, 0.15) is 38.0 Å². The second-order valence-electron chi connectivity index (χ2n) is 5.85. The van der Waals surface area contributed by atoms with Gasteiger partial charge in [-0.15, -0.1) is 0 Å². The van der Waals surface area contributed by atoms with Gasteiger partial charge in [0.25, 0.3) is 0 Å². The first kappa shape index (κ1) is 16.0. The molecule has 1 N–H and O–H groups in total. The molecule has 6 heteroatoms. The fourth-order valence-corrected chi connectivity index (χ4v) is 2.27. The molecule has 0 amide bonds. The van der Waals surface area contributed by atoms with E-state index in [2.05, 4.69) is 52.2 Å². The Morgan fingerprint density at radius 2 is 2.10 bits per heavy atom. The number of hydrogen-bond donors (Lipinski definition) is 1. The number of rotatable bonds is 5. The number of hydrogen-bond acceptors (Lipinski definition) is 5. The van der Waals surface area contributed by atoms with Gasteiger partial charge in [0.05, 0.1) is 4.47 Å². The first-order valence-corrected chi connectivity index (χ1v) is 7.59. The van der Waals surface area contributed by atoms with Crippen LogP contribution >= 0.6 is 15.9 Å². The van der Waals surface area contributed by atoms with Crippen molar-refractivity contribution in [2.75, 3.05) is 0 Å². The molecule has 0 fully saturated rings. The number of para-hydroxylation sites is 1. The number of halogens is 1. The Labute approximate surface area is 133 Å². The molecular formula is C15H20BrN3O2. The highest BCUT2D eigenvalue weighted by atomic mass is 79.9. The molecule has 2 rings (SSSR count). The molecule has 114 valence electrons. The molecule has 0 unspecified atom stereocenters. The van der Waals surface area contributed by atoms with Crippen LogP contribution < -0.4 is 10.1 Å². The van der Waals surface area contributed by atoms with Crippen LogP contribution in [-0.2, 0) is 13.2 Å². The van der Waals surface area contributed by atoms with Crippen LogP contribution in [0, 0.1) is 6.92 Å². The van der Waals surface area contributed by atoms with Crippen molar-refractivity contribution < 1.29 is 9.26 Å². The van der Waals surface area contributed by atoms with Crippen molar-refractivity contribution in [2.45, 2.75) is 46.4 Å². The summed E-state index contributed by atoms with van der Waals surface area (Å²) in [6.07, 6.45) is 0. The number of nitrogens with one attached hydrogen (secondary N) is 1. The number of benzene rings is 1. The Morgan fingerprint density at radius 3 is 2.71 bits per heavy atom. The zero-order chi connectivity index (χ0) is 15.5. The zero-order valence-electron chi connectivity index (χ0n) is 12.7. The maximum Gasteiger partial charge on any atom is 0.223 e.